The Labute approximate surface area is 129 Å². The van der Waals surface area contributed by atoms with Gasteiger partial charge >= 0.3 is 0 Å². The van der Waals surface area contributed by atoms with Crippen LogP contribution < -0.4 is 0 Å². The summed E-state index contributed by atoms with van der Waals surface area (Å²) in [7, 11) is 0. The number of carbonyl (C=O) groups is 1. The van der Waals surface area contributed by atoms with Gasteiger partial charge in [-0.3, -0.25) is 9.79 Å². The summed E-state index contributed by atoms with van der Waals surface area (Å²) in [5, 5.41) is 0. The van der Waals surface area contributed by atoms with E-state index in [-0.39, 0.29) is 5.78 Å². The van der Waals surface area contributed by atoms with Crippen LogP contribution in [0.25, 0.3) is 5.69 Å². The molecule has 0 saturated carbocycles. The fourth-order valence-electron chi connectivity index (χ4n) is 2.25. The number of benzene rings is 2. The number of hydrogen-bond donors (Lipinski definition) is 0. The normalized spacial score (nSPS) is 11.0. The number of hydrogen-bond acceptors (Lipinski definition) is 2. The molecule has 0 fully saturated rings. The van der Waals surface area contributed by atoms with E-state index >= 15 is 0 Å². The molecule has 0 aliphatic rings. The molecule has 3 heteroatoms. The summed E-state index contributed by atoms with van der Waals surface area (Å²) in [6.45, 7) is 1.56. The average molecular weight is 288 g/mol. The van der Waals surface area contributed by atoms with Gasteiger partial charge in [-0.25, -0.2) is 0 Å². The SMILES string of the molecule is CC(=O)c1ccc(N=Cc2cccn2-c2ccccc2)cc1. The highest BCUT2D eigenvalue weighted by atomic mass is 16.1. The molecule has 0 radical (unpaired) electrons. The van der Waals surface area contributed by atoms with Crippen LogP contribution in [-0.4, -0.2) is 16.6 Å². The van der Waals surface area contributed by atoms with E-state index in [4.69, 9.17) is 0 Å². The van der Waals surface area contributed by atoms with E-state index in [9.17, 15) is 4.79 Å². The van der Waals surface area contributed by atoms with Gasteiger partial charge in [0.25, 0.3) is 0 Å². The van der Waals surface area contributed by atoms with Gasteiger partial charge in [0.2, 0.25) is 0 Å². The van der Waals surface area contributed by atoms with Gasteiger partial charge < -0.3 is 4.57 Å². The second kappa shape index (κ2) is 6.22. The lowest BCUT2D eigenvalue weighted by atomic mass is 10.1. The zero-order valence-corrected chi connectivity index (χ0v) is 12.3. The van der Waals surface area contributed by atoms with E-state index in [2.05, 4.69) is 21.7 Å². The maximum atomic E-state index is 11.3. The van der Waals surface area contributed by atoms with E-state index in [1.54, 1.807) is 19.1 Å². The lowest BCUT2D eigenvalue weighted by molar-refractivity contribution is 0.101. The van der Waals surface area contributed by atoms with E-state index in [0.29, 0.717) is 5.56 Å². The second-order valence-electron chi connectivity index (χ2n) is 5.00. The van der Waals surface area contributed by atoms with Gasteiger partial charge in [-0.05, 0) is 55.5 Å². The van der Waals surface area contributed by atoms with Crippen molar-refractivity contribution in [3.05, 3.63) is 84.2 Å². The minimum Gasteiger partial charge on any atom is -0.316 e. The zero-order valence-electron chi connectivity index (χ0n) is 12.3. The minimum absolute atomic E-state index is 0.0634. The molecule has 0 spiro atoms. The molecule has 1 heterocycles. The van der Waals surface area contributed by atoms with Gasteiger partial charge in [-0.15, -0.1) is 0 Å². The molecule has 3 rings (SSSR count). The largest absolute Gasteiger partial charge is 0.316 e. The van der Waals surface area contributed by atoms with Crippen LogP contribution in [0.5, 0.6) is 0 Å². The molecule has 0 aliphatic carbocycles. The van der Waals surface area contributed by atoms with Crippen LogP contribution in [0.15, 0.2) is 77.9 Å². The first kappa shape index (κ1) is 14.0. The van der Waals surface area contributed by atoms with Gasteiger partial charge in [0.15, 0.2) is 5.78 Å². The van der Waals surface area contributed by atoms with Crippen molar-refractivity contribution >= 4 is 17.7 Å². The Morgan fingerprint density at radius 1 is 0.955 bits per heavy atom. The van der Waals surface area contributed by atoms with E-state index < -0.39 is 0 Å². The minimum atomic E-state index is 0.0634. The average Bonchev–Trinajstić information content (AvgIpc) is 3.02. The highest BCUT2D eigenvalue weighted by Crippen LogP contribution is 2.15. The quantitative estimate of drug-likeness (QED) is 0.516. The van der Waals surface area contributed by atoms with Crippen LogP contribution in [0.3, 0.4) is 0 Å². The Bertz CT molecular complexity index is 799. The monoisotopic (exact) mass is 288 g/mol. The summed E-state index contributed by atoms with van der Waals surface area (Å²) in [6.07, 6.45) is 3.84. The Balaban J connectivity index is 1.85. The van der Waals surface area contributed by atoms with Crippen LogP contribution in [0.4, 0.5) is 5.69 Å². The lowest BCUT2D eigenvalue weighted by Gasteiger charge is -2.05. The predicted molar refractivity (Wildman–Crippen MR) is 89.5 cm³/mol. The van der Waals surface area contributed by atoms with Crippen molar-refractivity contribution in [3.8, 4) is 5.69 Å². The van der Waals surface area contributed by atoms with Gasteiger partial charge in [0.1, 0.15) is 0 Å². The van der Waals surface area contributed by atoms with Crippen molar-refractivity contribution in [2.75, 3.05) is 0 Å². The number of Topliss-reactive ketones (excluding diaryl/α,β-unsaturated/α-hetero) is 1. The smallest absolute Gasteiger partial charge is 0.159 e. The van der Waals surface area contributed by atoms with Crippen molar-refractivity contribution in [2.24, 2.45) is 4.99 Å². The van der Waals surface area contributed by atoms with Crippen LogP contribution in [0, 0.1) is 0 Å². The van der Waals surface area contributed by atoms with Crippen molar-refractivity contribution < 1.29 is 4.79 Å². The molecule has 22 heavy (non-hydrogen) atoms. The van der Waals surface area contributed by atoms with Gasteiger partial charge in [0, 0.05) is 17.4 Å². The second-order valence-corrected chi connectivity index (χ2v) is 5.00. The third kappa shape index (κ3) is 3.04. The Morgan fingerprint density at radius 2 is 1.68 bits per heavy atom. The van der Waals surface area contributed by atoms with Gasteiger partial charge in [-0.1, -0.05) is 18.2 Å². The number of para-hydroxylation sites is 1. The summed E-state index contributed by atoms with van der Waals surface area (Å²) in [5.74, 6) is 0.0634. The first-order valence-corrected chi connectivity index (χ1v) is 7.12. The molecular formula is C19H16N2O. The fraction of sp³-hybridized carbons (Fsp3) is 0.0526. The standard InChI is InChI=1S/C19H16N2O/c1-15(22)16-9-11-17(12-10-16)20-14-19-8-5-13-21(19)18-6-3-2-4-7-18/h2-14H,1H3. The fourth-order valence-corrected chi connectivity index (χ4v) is 2.25. The zero-order chi connectivity index (χ0) is 15.4. The summed E-state index contributed by atoms with van der Waals surface area (Å²) in [4.78, 5) is 15.7. The van der Waals surface area contributed by atoms with Gasteiger partial charge in [0.05, 0.1) is 17.6 Å². The molecule has 0 amide bonds. The van der Waals surface area contributed by atoms with Crippen LogP contribution in [-0.2, 0) is 0 Å². The molecule has 0 aliphatic heterocycles. The maximum Gasteiger partial charge on any atom is 0.159 e. The molecule has 1 aromatic heterocycles. The summed E-state index contributed by atoms with van der Waals surface area (Å²) >= 11 is 0. The van der Waals surface area contributed by atoms with Gasteiger partial charge in [-0.2, -0.15) is 0 Å². The maximum absolute atomic E-state index is 11.3. The van der Waals surface area contributed by atoms with Crippen LogP contribution >= 0.6 is 0 Å². The number of ketones is 1. The van der Waals surface area contributed by atoms with Crippen molar-refractivity contribution in [1.29, 1.82) is 0 Å². The molecule has 3 aromatic rings. The number of aromatic nitrogens is 1. The van der Waals surface area contributed by atoms with Crippen molar-refractivity contribution in [3.63, 3.8) is 0 Å². The lowest BCUT2D eigenvalue weighted by Crippen LogP contribution is -1.97. The molecule has 0 bridgehead atoms. The molecule has 2 aromatic carbocycles. The molecule has 0 unspecified atom stereocenters. The third-order valence-electron chi connectivity index (χ3n) is 3.43. The number of aliphatic imine (C=N–C) groups is 1. The number of carbonyl (C=O) groups excluding carboxylic acids is 1. The Morgan fingerprint density at radius 3 is 2.36 bits per heavy atom. The van der Waals surface area contributed by atoms with Crippen LogP contribution in [0.1, 0.15) is 23.0 Å². The van der Waals surface area contributed by atoms with E-state index in [0.717, 1.165) is 17.1 Å². The summed E-state index contributed by atoms with van der Waals surface area (Å²) < 4.78 is 2.08. The summed E-state index contributed by atoms with van der Waals surface area (Å²) in [6, 6.07) is 21.4. The molecule has 0 N–H and O–H groups in total. The first-order chi connectivity index (χ1) is 10.7. The first-order valence-electron chi connectivity index (χ1n) is 7.12. The highest BCUT2D eigenvalue weighted by molar-refractivity contribution is 5.94. The third-order valence-corrected chi connectivity index (χ3v) is 3.43. The number of nitrogens with zero attached hydrogens (tertiary/aromatic N) is 2. The Kier molecular flexibility index (Phi) is 3.97. The molecule has 0 saturated heterocycles. The molecule has 0 atom stereocenters. The van der Waals surface area contributed by atoms with Crippen molar-refractivity contribution in [1.82, 2.24) is 4.57 Å². The molecule has 3 nitrogen and oxygen atoms in total. The predicted octanol–water partition coefficient (Wildman–Crippen LogP) is 4.43. The topological polar surface area (TPSA) is 34.4 Å². The van der Waals surface area contributed by atoms with Crippen LogP contribution in [0.2, 0.25) is 0 Å². The highest BCUT2D eigenvalue weighted by Gasteiger charge is 2.01. The summed E-state index contributed by atoms with van der Waals surface area (Å²) in [5.41, 5.74) is 3.63. The Hall–Kier alpha value is -2.94. The molecule has 108 valence electrons. The van der Waals surface area contributed by atoms with E-state index in [1.807, 2.05) is 54.9 Å². The van der Waals surface area contributed by atoms with E-state index in [1.165, 1.54) is 0 Å². The number of rotatable bonds is 4. The van der Waals surface area contributed by atoms with Crippen molar-refractivity contribution in [2.45, 2.75) is 6.92 Å². The molecular weight excluding hydrogens is 272 g/mol.